The lowest BCUT2D eigenvalue weighted by atomic mass is 10.0. The molecule has 2 aromatic carbocycles. The average Bonchev–Trinajstić information content (AvgIpc) is 2.60. The Hall–Kier alpha value is -2.33. The van der Waals surface area contributed by atoms with Gasteiger partial charge < -0.3 is 5.32 Å². The highest BCUT2D eigenvalue weighted by molar-refractivity contribution is 7.80. The number of rotatable bonds is 4. The van der Waals surface area contributed by atoms with E-state index in [1.807, 2.05) is 36.4 Å². The maximum absolute atomic E-state index is 12.5. The van der Waals surface area contributed by atoms with Gasteiger partial charge >= 0.3 is 0 Å². The fourth-order valence-electron chi connectivity index (χ4n) is 2.55. The lowest BCUT2D eigenvalue weighted by molar-refractivity contribution is 0.0949. The molecule has 116 valence electrons. The first-order valence-electron chi connectivity index (χ1n) is 7.56. The summed E-state index contributed by atoms with van der Waals surface area (Å²) in [5.74, 6) is 0.132. The van der Waals surface area contributed by atoms with Crippen LogP contribution in [0.3, 0.4) is 0 Å². The van der Waals surface area contributed by atoms with Crippen LogP contribution < -0.4 is 5.32 Å². The van der Waals surface area contributed by atoms with E-state index in [-0.39, 0.29) is 11.8 Å². The van der Waals surface area contributed by atoms with Gasteiger partial charge in [-0.3, -0.25) is 9.78 Å². The summed E-state index contributed by atoms with van der Waals surface area (Å²) in [5, 5.41) is 3.97. The molecule has 0 bridgehead atoms. The highest BCUT2D eigenvalue weighted by Crippen LogP contribution is 2.24. The second-order valence-corrected chi connectivity index (χ2v) is 6.01. The second-order valence-electron chi connectivity index (χ2n) is 5.56. The molecule has 0 radical (unpaired) electrons. The quantitative estimate of drug-likeness (QED) is 0.711. The van der Waals surface area contributed by atoms with Crippen molar-refractivity contribution in [2.45, 2.75) is 17.7 Å². The number of nitrogens with zero attached hydrogens (tertiary/aromatic N) is 1. The molecule has 0 fully saturated rings. The zero-order valence-corrected chi connectivity index (χ0v) is 13.8. The summed E-state index contributed by atoms with van der Waals surface area (Å²) in [7, 11) is 0. The number of aromatic nitrogens is 1. The topological polar surface area (TPSA) is 42.0 Å². The smallest absolute Gasteiger partial charge is 0.252 e. The predicted molar refractivity (Wildman–Crippen MR) is 96.2 cm³/mol. The van der Waals surface area contributed by atoms with Gasteiger partial charge in [-0.1, -0.05) is 49.4 Å². The number of hydrogen-bond donors (Lipinski definition) is 2. The van der Waals surface area contributed by atoms with Gasteiger partial charge in [0.1, 0.15) is 0 Å². The van der Waals surface area contributed by atoms with E-state index in [1.54, 1.807) is 12.3 Å². The van der Waals surface area contributed by atoms with Gasteiger partial charge in [0.25, 0.3) is 5.91 Å². The van der Waals surface area contributed by atoms with Crippen molar-refractivity contribution in [3.8, 4) is 0 Å². The zero-order chi connectivity index (χ0) is 16.2. The van der Waals surface area contributed by atoms with Gasteiger partial charge in [0.15, 0.2) is 0 Å². The number of benzene rings is 2. The monoisotopic (exact) mass is 322 g/mol. The molecule has 1 heterocycles. The van der Waals surface area contributed by atoms with Crippen molar-refractivity contribution >= 4 is 29.4 Å². The molecule has 1 unspecified atom stereocenters. The Bertz CT molecular complexity index is 833. The van der Waals surface area contributed by atoms with Crippen molar-refractivity contribution in [3.05, 3.63) is 71.9 Å². The van der Waals surface area contributed by atoms with Crippen LogP contribution in [-0.4, -0.2) is 17.4 Å². The zero-order valence-electron chi connectivity index (χ0n) is 12.9. The number of amides is 1. The van der Waals surface area contributed by atoms with E-state index in [9.17, 15) is 4.79 Å². The summed E-state index contributed by atoms with van der Waals surface area (Å²) < 4.78 is 0. The Morgan fingerprint density at radius 1 is 1.13 bits per heavy atom. The molecule has 0 saturated heterocycles. The third kappa shape index (κ3) is 3.37. The molecular weight excluding hydrogens is 304 g/mol. The van der Waals surface area contributed by atoms with E-state index < -0.39 is 0 Å². The normalized spacial score (nSPS) is 12.1. The van der Waals surface area contributed by atoms with E-state index in [0.717, 1.165) is 10.9 Å². The lowest BCUT2D eigenvalue weighted by Gasteiger charge is -2.14. The summed E-state index contributed by atoms with van der Waals surface area (Å²) in [4.78, 5) is 17.4. The molecule has 0 aliphatic carbocycles. The molecule has 4 heteroatoms. The summed E-state index contributed by atoms with van der Waals surface area (Å²) in [6, 6.07) is 17.7. The van der Waals surface area contributed by atoms with Gasteiger partial charge in [-0.05, 0) is 23.6 Å². The minimum Gasteiger partial charge on any atom is -0.351 e. The van der Waals surface area contributed by atoms with Crippen LogP contribution in [-0.2, 0) is 0 Å². The number of nitrogens with one attached hydrogen (secondary N) is 1. The van der Waals surface area contributed by atoms with Crippen LogP contribution >= 0.6 is 12.6 Å². The highest BCUT2D eigenvalue weighted by Gasteiger charge is 2.14. The van der Waals surface area contributed by atoms with Crippen molar-refractivity contribution in [1.29, 1.82) is 0 Å². The molecule has 0 saturated carbocycles. The van der Waals surface area contributed by atoms with Crippen LogP contribution in [0.4, 0.5) is 0 Å². The van der Waals surface area contributed by atoms with E-state index in [1.165, 1.54) is 5.56 Å². The maximum Gasteiger partial charge on any atom is 0.252 e. The van der Waals surface area contributed by atoms with E-state index >= 15 is 0 Å². The average molecular weight is 322 g/mol. The van der Waals surface area contributed by atoms with Crippen LogP contribution in [0.1, 0.15) is 28.8 Å². The number of carbonyl (C=O) groups excluding carboxylic acids is 1. The van der Waals surface area contributed by atoms with Gasteiger partial charge in [-0.2, -0.15) is 0 Å². The first kappa shape index (κ1) is 15.6. The molecule has 1 atom stereocenters. The van der Waals surface area contributed by atoms with Gasteiger partial charge in [0, 0.05) is 23.0 Å². The third-order valence-electron chi connectivity index (χ3n) is 3.93. The summed E-state index contributed by atoms with van der Waals surface area (Å²) >= 11 is 4.49. The number of hydrogen-bond acceptors (Lipinski definition) is 3. The molecule has 23 heavy (non-hydrogen) atoms. The van der Waals surface area contributed by atoms with Crippen molar-refractivity contribution in [1.82, 2.24) is 10.3 Å². The molecule has 0 aliphatic heterocycles. The Morgan fingerprint density at radius 2 is 1.91 bits per heavy atom. The Balaban J connectivity index is 1.75. The minimum atomic E-state index is -0.120. The first-order valence-corrected chi connectivity index (χ1v) is 8.01. The molecular formula is C19H18N2OS. The Kier molecular flexibility index (Phi) is 4.63. The van der Waals surface area contributed by atoms with E-state index in [0.29, 0.717) is 17.0 Å². The van der Waals surface area contributed by atoms with Gasteiger partial charge in [0.2, 0.25) is 0 Å². The van der Waals surface area contributed by atoms with Crippen LogP contribution in [0.15, 0.2) is 65.7 Å². The van der Waals surface area contributed by atoms with Crippen LogP contribution in [0.25, 0.3) is 10.9 Å². The number of thiol groups is 1. The van der Waals surface area contributed by atoms with Crippen molar-refractivity contribution < 1.29 is 4.79 Å². The molecule has 1 N–H and O–H groups in total. The molecule has 0 aliphatic rings. The van der Waals surface area contributed by atoms with Crippen molar-refractivity contribution in [3.63, 3.8) is 0 Å². The highest BCUT2D eigenvalue weighted by atomic mass is 32.1. The number of fused-ring (bicyclic) bond motifs is 1. The van der Waals surface area contributed by atoms with Crippen LogP contribution in [0, 0.1) is 0 Å². The standard InChI is InChI=1S/C19H18N2OS/c1-13(14-6-3-2-4-7-14)12-21-19(22)16-10-9-15-8-5-11-20-17(15)18(16)23/h2-11,13,23H,12H2,1H3,(H,21,22). The fraction of sp³-hybridized carbons (Fsp3) is 0.158. The Labute approximate surface area is 141 Å². The summed E-state index contributed by atoms with van der Waals surface area (Å²) in [5.41, 5.74) is 2.51. The minimum absolute atomic E-state index is 0.120. The largest absolute Gasteiger partial charge is 0.351 e. The van der Waals surface area contributed by atoms with Gasteiger partial charge in [-0.25, -0.2) is 0 Å². The first-order chi connectivity index (χ1) is 11.2. The second kappa shape index (κ2) is 6.84. The number of pyridine rings is 1. The molecule has 0 spiro atoms. The lowest BCUT2D eigenvalue weighted by Crippen LogP contribution is -2.27. The van der Waals surface area contributed by atoms with Crippen molar-refractivity contribution in [2.24, 2.45) is 0 Å². The van der Waals surface area contributed by atoms with Crippen molar-refractivity contribution in [2.75, 3.05) is 6.54 Å². The number of carbonyl (C=O) groups is 1. The molecule has 1 aromatic heterocycles. The third-order valence-corrected chi connectivity index (χ3v) is 4.38. The van der Waals surface area contributed by atoms with Crippen LogP contribution in [0.5, 0.6) is 0 Å². The summed E-state index contributed by atoms with van der Waals surface area (Å²) in [6.45, 7) is 2.68. The van der Waals surface area contributed by atoms with Gasteiger partial charge in [0.05, 0.1) is 11.1 Å². The summed E-state index contributed by atoms with van der Waals surface area (Å²) in [6.07, 6.45) is 1.71. The maximum atomic E-state index is 12.5. The van der Waals surface area contributed by atoms with E-state index in [2.05, 4.69) is 42.0 Å². The van der Waals surface area contributed by atoms with Crippen LogP contribution in [0.2, 0.25) is 0 Å². The molecule has 3 nitrogen and oxygen atoms in total. The van der Waals surface area contributed by atoms with Gasteiger partial charge in [-0.15, -0.1) is 12.6 Å². The van der Waals surface area contributed by atoms with E-state index in [4.69, 9.17) is 0 Å². The molecule has 3 aromatic rings. The SMILES string of the molecule is CC(CNC(=O)c1ccc2cccnc2c1S)c1ccccc1. The fourth-order valence-corrected chi connectivity index (χ4v) is 2.92. The Morgan fingerprint density at radius 3 is 2.70 bits per heavy atom. The molecule has 3 rings (SSSR count). The predicted octanol–water partition coefficient (Wildman–Crippen LogP) is 4.06. The molecule has 1 amide bonds.